The second kappa shape index (κ2) is 10.1. The quantitative estimate of drug-likeness (QED) is 0.370. The Hall–Kier alpha value is -3.72. The molecule has 0 aliphatic carbocycles. The lowest BCUT2D eigenvalue weighted by atomic mass is 10.0. The Morgan fingerprint density at radius 1 is 1.09 bits per heavy atom. The zero-order valence-electron chi connectivity index (χ0n) is 18.2. The van der Waals surface area contributed by atoms with Crippen LogP contribution >= 0.6 is 0 Å². The first-order valence-corrected chi connectivity index (χ1v) is 10.5. The molecule has 0 bridgehead atoms. The van der Waals surface area contributed by atoms with Crippen LogP contribution in [0.4, 0.5) is 5.82 Å². The van der Waals surface area contributed by atoms with E-state index in [0.717, 1.165) is 16.2 Å². The number of amides is 1. The van der Waals surface area contributed by atoms with E-state index in [2.05, 4.69) is 25.7 Å². The topological polar surface area (TPSA) is 103 Å². The van der Waals surface area contributed by atoms with E-state index in [1.165, 1.54) is 6.33 Å². The van der Waals surface area contributed by atoms with Crippen LogP contribution in [0.2, 0.25) is 0 Å². The molecule has 2 aromatic carbocycles. The number of hydrogen-bond donors (Lipinski definition) is 2. The first kappa shape index (κ1) is 21.5. The number of carbonyl (C=O) groups excluding carboxylic acids is 1. The molecule has 9 nitrogen and oxygen atoms in total. The summed E-state index contributed by atoms with van der Waals surface area (Å²) < 4.78 is 12.5. The van der Waals surface area contributed by atoms with Crippen molar-refractivity contribution in [2.45, 2.75) is 13.5 Å². The van der Waals surface area contributed by atoms with Gasteiger partial charge in [0.2, 0.25) is 0 Å². The van der Waals surface area contributed by atoms with Crippen LogP contribution in [-0.2, 0) is 11.3 Å². The maximum atomic E-state index is 13.1. The fourth-order valence-electron chi connectivity index (χ4n) is 3.59. The van der Waals surface area contributed by atoms with E-state index < -0.39 is 0 Å². The summed E-state index contributed by atoms with van der Waals surface area (Å²) in [7, 11) is 1.65. The Bertz CT molecular complexity index is 1220. The number of fused-ring (bicyclic) bond motifs is 2. The molecule has 0 aliphatic heterocycles. The van der Waals surface area contributed by atoms with Gasteiger partial charge >= 0.3 is 0 Å². The molecule has 2 N–H and O–H groups in total. The van der Waals surface area contributed by atoms with E-state index in [0.29, 0.717) is 55.6 Å². The summed E-state index contributed by atoms with van der Waals surface area (Å²) in [6, 6.07) is 11.6. The lowest BCUT2D eigenvalue weighted by Crippen LogP contribution is -2.28. The van der Waals surface area contributed by atoms with Gasteiger partial charge in [-0.05, 0) is 23.8 Å². The largest absolute Gasteiger partial charge is 0.493 e. The summed E-state index contributed by atoms with van der Waals surface area (Å²) in [6.45, 7) is 4.46. The molecule has 0 saturated heterocycles. The number of methoxy groups -OCH3 is 1. The van der Waals surface area contributed by atoms with Crippen molar-refractivity contribution in [1.82, 2.24) is 25.1 Å². The average molecular weight is 435 g/mol. The SMILES string of the molecule is CCOc1ccc2ccccc2c1C(=O)NCCn1ncc2c(NCCOC)ncnc21. The number of hydrogen-bond acceptors (Lipinski definition) is 7. The number of anilines is 1. The minimum absolute atomic E-state index is 0.182. The summed E-state index contributed by atoms with van der Waals surface area (Å²) in [6.07, 6.45) is 3.23. The molecule has 0 atom stereocenters. The molecule has 4 rings (SSSR count). The predicted molar refractivity (Wildman–Crippen MR) is 123 cm³/mol. The first-order chi connectivity index (χ1) is 15.7. The molecule has 0 aliphatic rings. The Balaban J connectivity index is 1.48. The first-order valence-electron chi connectivity index (χ1n) is 10.5. The number of nitrogens with one attached hydrogen (secondary N) is 2. The summed E-state index contributed by atoms with van der Waals surface area (Å²) in [4.78, 5) is 21.7. The monoisotopic (exact) mass is 434 g/mol. The van der Waals surface area contributed by atoms with Crippen LogP contribution in [0.5, 0.6) is 5.75 Å². The van der Waals surface area contributed by atoms with E-state index >= 15 is 0 Å². The highest BCUT2D eigenvalue weighted by Gasteiger charge is 2.17. The van der Waals surface area contributed by atoms with E-state index in [-0.39, 0.29) is 5.91 Å². The summed E-state index contributed by atoms with van der Waals surface area (Å²) >= 11 is 0. The van der Waals surface area contributed by atoms with Crippen LogP contribution in [0.1, 0.15) is 17.3 Å². The van der Waals surface area contributed by atoms with Gasteiger partial charge in [-0.25, -0.2) is 14.6 Å². The molecular weight excluding hydrogens is 408 g/mol. The molecule has 32 heavy (non-hydrogen) atoms. The molecule has 9 heteroatoms. The second-order valence-corrected chi connectivity index (χ2v) is 7.10. The van der Waals surface area contributed by atoms with Crippen molar-refractivity contribution in [2.24, 2.45) is 0 Å². The number of rotatable bonds is 10. The van der Waals surface area contributed by atoms with Crippen molar-refractivity contribution < 1.29 is 14.3 Å². The number of carbonyl (C=O) groups is 1. The van der Waals surface area contributed by atoms with Crippen LogP contribution in [0.25, 0.3) is 21.8 Å². The van der Waals surface area contributed by atoms with Gasteiger partial charge in [0.25, 0.3) is 5.91 Å². The van der Waals surface area contributed by atoms with E-state index in [9.17, 15) is 4.79 Å². The number of nitrogens with zero attached hydrogens (tertiary/aromatic N) is 4. The number of benzene rings is 2. The normalized spacial score (nSPS) is 11.1. The molecule has 0 radical (unpaired) electrons. The summed E-state index contributed by atoms with van der Waals surface area (Å²) in [5, 5.41) is 13.3. The third-order valence-electron chi connectivity index (χ3n) is 5.06. The van der Waals surface area contributed by atoms with Gasteiger partial charge in [-0.15, -0.1) is 0 Å². The Morgan fingerprint density at radius 2 is 1.97 bits per heavy atom. The van der Waals surface area contributed by atoms with Gasteiger partial charge in [0, 0.05) is 20.2 Å². The predicted octanol–water partition coefficient (Wildman–Crippen LogP) is 2.87. The van der Waals surface area contributed by atoms with E-state index in [4.69, 9.17) is 9.47 Å². The molecule has 0 spiro atoms. The van der Waals surface area contributed by atoms with Gasteiger partial charge in [0.15, 0.2) is 5.65 Å². The minimum atomic E-state index is -0.182. The zero-order chi connectivity index (χ0) is 22.3. The molecule has 0 fully saturated rings. The van der Waals surface area contributed by atoms with Crippen LogP contribution < -0.4 is 15.4 Å². The lowest BCUT2D eigenvalue weighted by molar-refractivity contribution is 0.0950. The van der Waals surface area contributed by atoms with Gasteiger partial charge in [-0.3, -0.25) is 4.79 Å². The molecule has 0 saturated carbocycles. The molecule has 166 valence electrons. The number of aromatic nitrogens is 4. The summed E-state index contributed by atoms with van der Waals surface area (Å²) in [5.41, 5.74) is 1.25. The Labute approximate surface area is 185 Å². The van der Waals surface area contributed by atoms with Crippen LogP contribution in [0.15, 0.2) is 48.9 Å². The van der Waals surface area contributed by atoms with Crippen LogP contribution in [0.3, 0.4) is 0 Å². The van der Waals surface area contributed by atoms with Gasteiger partial charge in [-0.2, -0.15) is 5.10 Å². The van der Waals surface area contributed by atoms with E-state index in [1.807, 2.05) is 43.3 Å². The van der Waals surface area contributed by atoms with Crippen LogP contribution in [0, 0.1) is 0 Å². The number of ether oxygens (including phenoxy) is 2. The standard InChI is InChI=1S/C23H26N6O3/c1-3-32-19-9-8-16-6-4-5-7-17(16)20(19)23(30)25-10-12-29-22-18(14-28-29)21(26-15-27-22)24-11-13-31-2/h4-9,14-15H,3,10-13H2,1-2H3,(H,25,30)(H,24,26,27). The fraction of sp³-hybridized carbons (Fsp3) is 0.304. The fourth-order valence-corrected chi connectivity index (χ4v) is 3.59. The van der Waals surface area contributed by atoms with Gasteiger partial charge in [0.1, 0.15) is 17.9 Å². The molecule has 4 aromatic rings. The summed E-state index contributed by atoms with van der Waals surface area (Å²) in [5.74, 6) is 1.10. The van der Waals surface area contributed by atoms with Crippen molar-refractivity contribution in [1.29, 1.82) is 0 Å². The smallest absolute Gasteiger partial charge is 0.255 e. The highest BCUT2D eigenvalue weighted by atomic mass is 16.5. The second-order valence-electron chi connectivity index (χ2n) is 7.10. The highest BCUT2D eigenvalue weighted by molar-refractivity contribution is 6.09. The Morgan fingerprint density at radius 3 is 2.81 bits per heavy atom. The molecular formula is C23H26N6O3. The van der Waals surface area contributed by atoms with Crippen molar-refractivity contribution in [3.05, 3.63) is 54.5 Å². The maximum absolute atomic E-state index is 13.1. The highest BCUT2D eigenvalue weighted by Crippen LogP contribution is 2.28. The lowest BCUT2D eigenvalue weighted by Gasteiger charge is -2.13. The van der Waals surface area contributed by atoms with Crippen molar-refractivity contribution in [2.75, 3.05) is 38.7 Å². The third-order valence-corrected chi connectivity index (χ3v) is 5.06. The molecule has 2 aromatic heterocycles. The Kier molecular flexibility index (Phi) is 6.76. The minimum Gasteiger partial charge on any atom is -0.493 e. The molecule has 0 unspecified atom stereocenters. The zero-order valence-corrected chi connectivity index (χ0v) is 18.2. The van der Waals surface area contributed by atoms with Gasteiger partial charge in [0.05, 0.1) is 36.9 Å². The molecule has 1 amide bonds. The van der Waals surface area contributed by atoms with E-state index in [1.54, 1.807) is 18.0 Å². The third kappa shape index (κ3) is 4.47. The van der Waals surface area contributed by atoms with Crippen LogP contribution in [-0.4, -0.2) is 59.1 Å². The van der Waals surface area contributed by atoms with Crippen molar-refractivity contribution in [3.63, 3.8) is 0 Å². The molecule has 2 heterocycles. The van der Waals surface area contributed by atoms with Gasteiger partial charge < -0.3 is 20.1 Å². The van der Waals surface area contributed by atoms with Crippen molar-refractivity contribution >= 4 is 33.5 Å². The van der Waals surface area contributed by atoms with Crippen molar-refractivity contribution in [3.8, 4) is 5.75 Å². The van der Waals surface area contributed by atoms with Gasteiger partial charge in [-0.1, -0.05) is 30.3 Å². The maximum Gasteiger partial charge on any atom is 0.255 e. The average Bonchev–Trinajstić information content (AvgIpc) is 3.23.